The zero-order chi connectivity index (χ0) is 17.8. The third-order valence-corrected chi connectivity index (χ3v) is 4.06. The number of benzene rings is 2. The van der Waals surface area contributed by atoms with Gasteiger partial charge in [0.05, 0.1) is 17.8 Å². The van der Waals surface area contributed by atoms with Gasteiger partial charge in [-0.25, -0.2) is 5.43 Å². The van der Waals surface area contributed by atoms with Gasteiger partial charge in [0.1, 0.15) is 6.61 Å². The minimum atomic E-state index is -0.784. The number of carbonyl (C=O) groups is 1. The number of hydrogen-bond acceptors (Lipinski definition) is 6. The summed E-state index contributed by atoms with van der Waals surface area (Å²) in [6.45, 7) is 0.108. The van der Waals surface area contributed by atoms with Crippen LogP contribution in [-0.2, 0) is 4.79 Å². The maximum absolute atomic E-state index is 12.1. The molecule has 0 fully saturated rings. The second kappa shape index (κ2) is 7.43. The molecule has 0 radical (unpaired) electrons. The fourth-order valence-corrected chi connectivity index (χ4v) is 2.67. The van der Waals surface area contributed by atoms with Gasteiger partial charge < -0.3 is 19.3 Å². The Kier molecular flexibility index (Phi) is 5.08. The number of phenols is 1. The van der Waals surface area contributed by atoms with Crippen molar-refractivity contribution < 1.29 is 24.1 Å². The molecule has 1 amide bonds. The lowest BCUT2D eigenvalue weighted by molar-refractivity contribution is -0.130. The minimum absolute atomic E-state index is 0.00453. The van der Waals surface area contributed by atoms with Gasteiger partial charge in [-0.3, -0.25) is 4.79 Å². The molecule has 0 unspecified atom stereocenters. The van der Waals surface area contributed by atoms with Crippen molar-refractivity contribution in [3.8, 4) is 23.0 Å². The normalized spacial score (nSPS) is 15.8. The number of rotatable bonds is 4. The molecule has 2 aromatic rings. The monoisotopic (exact) mass is 406 g/mol. The molecule has 0 bridgehead atoms. The van der Waals surface area contributed by atoms with Crippen molar-refractivity contribution in [3.63, 3.8) is 0 Å². The average molecular weight is 407 g/mol. The van der Waals surface area contributed by atoms with E-state index in [0.29, 0.717) is 27.3 Å². The highest BCUT2D eigenvalue weighted by atomic mass is 79.9. The molecule has 3 rings (SSSR count). The van der Waals surface area contributed by atoms with E-state index in [1.165, 1.54) is 13.3 Å². The van der Waals surface area contributed by atoms with E-state index in [9.17, 15) is 9.90 Å². The van der Waals surface area contributed by atoms with E-state index in [2.05, 4.69) is 26.5 Å². The fraction of sp³-hybridized carbons (Fsp3) is 0.176. The smallest absolute Gasteiger partial charge is 0.284 e. The second-order valence-electron chi connectivity index (χ2n) is 5.15. The molecule has 0 aliphatic carbocycles. The second-order valence-corrected chi connectivity index (χ2v) is 6.01. The minimum Gasteiger partial charge on any atom is -0.503 e. The van der Waals surface area contributed by atoms with Crippen molar-refractivity contribution in [3.05, 3.63) is 46.4 Å². The van der Waals surface area contributed by atoms with Crippen LogP contribution in [0.2, 0.25) is 0 Å². The Bertz CT molecular complexity index is 825. The first-order valence-corrected chi connectivity index (χ1v) is 8.15. The first-order valence-electron chi connectivity index (χ1n) is 7.36. The number of nitrogens with zero attached hydrogens (tertiary/aromatic N) is 1. The molecule has 2 aromatic carbocycles. The van der Waals surface area contributed by atoms with Crippen LogP contribution in [0.4, 0.5) is 0 Å². The molecule has 1 aliphatic heterocycles. The van der Waals surface area contributed by atoms with Gasteiger partial charge in [-0.1, -0.05) is 12.1 Å². The maximum atomic E-state index is 12.1. The van der Waals surface area contributed by atoms with Crippen LogP contribution in [0.1, 0.15) is 5.56 Å². The van der Waals surface area contributed by atoms with Gasteiger partial charge in [0.25, 0.3) is 5.91 Å². The van der Waals surface area contributed by atoms with E-state index >= 15 is 0 Å². The van der Waals surface area contributed by atoms with Crippen LogP contribution in [0.3, 0.4) is 0 Å². The molecule has 0 saturated heterocycles. The van der Waals surface area contributed by atoms with Crippen molar-refractivity contribution in [2.75, 3.05) is 13.7 Å². The zero-order valence-electron chi connectivity index (χ0n) is 13.2. The molecule has 1 atom stereocenters. The Morgan fingerprint density at radius 2 is 2.16 bits per heavy atom. The SMILES string of the molecule is COc1cc(/C=N\NC(=O)[C@H]2COc3ccccc3O2)cc(Br)c1O. The lowest BCUT2D eigenvalue weighted by atomic mass is 10.2. The highest BCUT2D eigenvalue weighted by Gasteiger charge is 2.26. The topological polar surface area (TPSA) is 89.4 Å². The predicted octanol–water partition coefficient (Wildman–Crippen LogP) is 2.45. The Labute approximate surface area is 152 Å². The zero-order valence-corrected chi connectivity index (χ0v) is 14.8. The van der Waals surface area contributed by atoms with Gasteiger partial charge >= 0.3 is 0 Å². The first kappa shape index (κ1) is 17.1. The van der Waals surface area contributed by atoms with E-state index in [1.54, 1.807) is 30.3 Å². The number of methoxy groups -OCH3 is 1. The molecule has 8 heteroatoms. The van der Waals surface area contributed by atoms with E-state index in [0.717, 1.165) is 0 Å². The van der Waals surface area contributed by atoms with Crippen LogP contribution < -0.4 is 19.6 Å². The highest BCUT2D eigenvalue weighted by molar-refractivity contribution is 9.10. The van der Waals surface area contributed by atoms with Crippen molar-refractivity contribution in [2.45, 2.75) is 6.10 Å². The first-order chi connectivity index (χ1) is 12.1. The summed E-state index contributed by atoms with van der Waals surface area (Å²) in [5.74, 6) is 0.995. The molecule has 7 nitrogen and oxygen atoms in total. The summed E-state index contributed by atoms with van der Waals surface area (Å²) in [5, 5.41) is 13.7. The number of amides is 1. The molecule has 1 heterocycles. The summed E-state index contributed by atoms with van der Waals surface area (Å²) in [5.41, 5.74) is 3.04. The van der Waals surface area contributed by atoms with Crippen LogP contribution >= 0.6 is 15.9 Å². The Balaban J connectivity index is 1.63. The number of hydrazone groups is 1. The standard InChI is InChI=1S/C17H15BrN2O5/c1-23-14-7-10(6-11(18)16(14)21)8-19-20-17(22)15-9-24-12-4-2-3-5-13(12)25-15/h2-8,15,21H,9H2,1H3,(H,20,22)/b19-8-/t15-/m1/s1. The number of phenolic OH excluding ortho intramolecular Hbond substituents is 1. The lowest BCUT2D eigenvalue weighted by Crippen LogP contribution is -2.42. The van der Waals surface area contributed by atoms with Crippen molar-refractivity contribution in [1.29, 1.82) is 0 Å². The highest BCUT2D eigenvalue weighted by Crippen LogP contribution is 2.34. The van der Waals surface area contributed by atoms with E-state index < -0.39 is 12.0 Å². The summed E-state index contributed by atoms with van der Waals surface area (Å²) >= 11 is 3.22. The third kappa shape index (κ3) is 3.85. The quantitative estimate of drug-likeness (QED) is 0.601. The van der Waals surface area contributed by atoms with Gasteiger partial charge in [-0.2, -0.15) is 5.10 Å². The van der Waals surface area contributed by atoms with Crippen molar-refractivity contribution >= 4 is 28.1 Å². The average Bonchev–Trinajstić information content (AvgIpc) is 2.63. The Morgan fingerprint density at radius 1 is 1.40 bits per heavy atom. The van der Waals surface area contributed by atoms with Crippen LogP contribution in [-0.4, -0.2) is 37.0 Å². The number of nitrogens with one attached hydrogen (secondary N) is 1. The molecule has 0 saturated carbocycles. The number of para-hydroxylation sites is 2. The number of ether oxygens (including phenoxy) is 3. The van der Waals surface area contributed by atoms with Gasteiger partial charge in [-0.05, 0) is 45.8 Å². The third-order valence-electron chi connectivity index (χ3n) is 3.46. The van der Waals surface area contributed by atoms with Crippen LogP contribution in [0.25, 0.3) is 0 Å². The summed E-state index contributed by atoms with van der Waals surface area (Å²) in [7, 11) is 1.45. The van der Waals surface area contributed by atoms with Crippen molar-refractivity contribution in [2.24, 2.45) is 5.10 Å². The van der Waals surface area contributed by atoms with Crippen LogP contribution in [0.5, 0.6) is 23.0 Å². The van der Waals surface area contributed by atoms with E-state index in [1.807, 2.05) is 6.07 Å². The molecule has 1 aliphatic rings. The number of fused-ring (bicyclic) bond motifs is 1. The predicted molar refractivity (Wildman–Crippen MR) is 94.4 cm³/mol. The molecular weight excluding hydrogens is 392 g/mol. The summed E-state index contributed by atoms with van der Waals surface area (Å²) in [6, 6.07) is 10.4. The molecular formula is C17H15BrN2O5. The fourth-order valence-electron chi connectivity index (χ4n) is 2.22. The van der Waals surface area contributed by atoms with Gasteiger partial charge in [0.2, 0.25) is 6.10 Å². The molecule has 25 heavy (non-hydrogen) atoms. The summed E-state index contributed by atoms with van der Waals surface area (Å²) < 4.78 is 16.6. The number of halogens is 1. The Hall–Kier alpha value is -2.74. The van der Waals surface area contributed by atoms with Gasteiger partial charge in [0, 0.05) is 0 Å². The molecule has 130 valence electrons. The van der Waals surface area contributed by atoms with Crippen LogP contribution in [0, 0.1) is 0 Å². The number of carbonyl (C=O) groups excluding carboxylic acids is 1. The molecule has 0 spiro atoms. The Morgan fingerprint density at radius 3 is 2.92 bits per heavy atom. The lowest BCUT2D eigenvalue weighted by Gasteiger charge is -2.24. The largest absolute Gasteiger partial charge is 0.503 e. The van der Waals surface area contributed by atoms with E-state index in [-0.39, 0.29) is 12.4 Å². The number of aromatic hydroxyl groups is 1. The van der Waals surface area contributed by atoms with Crippen LogP contribution in [0.15, 0.2) is 46.0 Å². The van der Waals surface area contributed by atoms with E-state index in [4.69, 9.17) is 14.2 Å². The summed E-state index contributed by atoms with van der Waals surface area (Å²) in [4.78, 5) is 12.1. The maximum Gasteiger partial charge on any atom is 0.284 e. The van der Waals surface area contributed by atoms with Gasteiger partial charge in [0.15, 0.2) is 23.0 Å². The van der Waals surface area contributed by atoms with Crippen molar-refractivity contribution in [1.82, 2.24) is 5.43 Å². The molecule has 0 aromatic heterocycles. The number of hydrogen-bond donors (Lipinski definition) is 2. The molecule has 2 N–H and O–H groups in total. The van der Waals surface area contributed by atoms with Gasteiger partial charge in [-0.15, -0.1) is 0 Å². The summed E-state index contributed by atoms with van der Waals surface area (Å²) in [6.07, 6.45) is 0.649.